The van der Waals surface area contributed by atoms with Crippen LogP contribution in [0, 0.1) is 6.92 Å². The summed E-state index contributed by atoms with van der Waals surface area (Å²) in [7, 11) is 0. The summed E-state index contributed by atoms with van der Waals surface area (Å²) >= 11 is 5.90. The molecule has 0 radical (unpaired) electrons. The largest absolute Gasteiger partial charge is 0.486 e. The third-order valence-electron chi connectivity index (χ3n) is 3.76. The van der Waals surface area contributed by atoms with Crippen LogP contribution < -0.4 is 10.5 Å². The van der Waals surface area contributed by atoms with Gasteiger partial charge in [-0.3, -0.25) is 0 Å². The molecule has 0 saturated heterocycles. The number of rotatable bonds is 8. The third kappa shape index (κ3) is 5.46. The van der Waals surface area contributed by atoms with Crippen LogP contribution in [0.4, 0.5) is 4.79 Å². The van der Waals surface area contributed by atoms with E-state index in [4.69, 9.17) is 26.8 Å². The van der Waals surface area contributed by atoms with Crippen molar-refractivity contribution in [1.29, 1.82) is 0 Å². The molecule has 2 aromatic rings. The van der Waals surface area contributed by atoms with E-state index in [9.17, 15) is 4.79 Å². The summed E-state index contributed by atoms with van der Waals surface area (Å²) in [4.78, 5) is 10.7. The van der Waals surface area contributed by atoms with Crippen molar-refractivity contribution in [1.82, 2.24) is 0 Å². The lowest BCUT2D eigenvalue weighted by atomic mass is 10.0. The molecule has 0 heterocycles. The molecule has 2 rings (SSSR count). The molecule has 24 heavy (non-hydrogen) atoms. The molecule has 0 spiro atoms. The molecule has 0 aromatic heterocycles. The quantitative estimate of drug-likeness (QED) is 0.554. The second-order valence-electron chi connectivity index (χ2n) is 5.55. The van der Waals surface area contributed by atoms with E-state index >= 15 is 0 Å². The maximum absolute atomic E-state index is 10.7. The van der Waals surface area contributed by atoms with E-state index in [1.165, 1.54) is 0 Å². The average Bonchev–Trinajstić information content (AvgIpc) is 2.58. The number of ether oxygens (including phenoxy) is 2. The molecule has 0 aliphatic carbocycles. The first-order valence-corrected chi connectivity index (χ1v) is 8.43. The van der Waals surface area contributed by atoms with Crippen LogP contribution in [0.1, 0.15) is 35.6 Å². The molecule has 0 aliphatic rings. The molecule has 4 nitrogen and oxygen atoms in total. The number of aryl methyl sites for hydroxylation is 1. The van der Waals surface area contributed by atoms with Gasteiger partial charge >= 0.3 is 6.09 Å². The number of benzene rings is 2. The van der Waals surface area contributed by atoms with Crippen LogP contribution in [0.25, 0.3) is 0 Å². The van der Waals surface area contributed by atoms with Crippen LogP contribution in [0.5, 0.6) is 5.75 Å². The highest BCUT2D eigenvalue weighted by Crippen LogP contribution is 2.27. The minimum absolute atomic E-state index is 0.121. The van der Waals surface area contributed by atoms with Gasteiger partial charge in [0.2, 0.25) is 0 Å². The molecule has 1 amide bonds. The predicted molar refractivity (Wildman–Crippen MR) is 95.3 cm³/mol. The van der Waals surface area contributed by atoms with Crippen molar-refractivity contribution in [2.45, 2.75) is 31.7 Å². The first-order valence-electron chi connectivity index (χ1n) is 7.89. The number of amides is 1. The highest BCUT2D eigenvalue weighted by Gasteiger charge is 2.14. The first-order chi connectivity index (χ1) is 11.6. The molecular formula is C19H22ClNO3. The molecule has 0 bridgehead atoms. The average molecular weight is 348 g/mol. The van der Waals surface area contributed by atoms with Crippen LogP contribution >= 0.6 is 11.6 Å². The third-order valence-corrected chi connectivity index (χ3v) is 4.05. The van der Waals surface area contributed by atoms with Gasteiger partial charge in [0.05, 0.1) is 6.61 Å². The van der Waals surface area contributed by atoms with Gasteiger partial charge in [0.1, 0.15) is 11.9 Å². The normalized spacial score (nSPS) is 11.8. The fourth-order valence-corrected chi connectivity index (χ4v) is 2.76. The Hall–Kier alpha value is -2.20. The maximum Gasteiger partial charge on any atom is 0.404 e. The lowest BCUT2D eigenvalue weighted by molar-refractivity contribution is 0.140. The van der Waals surface area contributed by atoms with Gasteiger partial charge in [-0.1, -0.05) is 36.4 Å². The van der Waals surface area contributed by atoms with E-state index in [0.717, 1.165) is 22.4 Å². The highest BCUT2D eigenvalue weighted by molar-refractivity contribution is 6.17. The second kappa shape index (κ2) is 9.18. The van der Waals surface area contributed by atoms with Crippen LogP contribution in [-0.4, -0.2) is 12.7 Å². The van der Waals surface area contributed by atoms with Gasteiger partial charge in [-0.05, 0) is 48.6 Å². The fourth-order valence-electron chi connectivity index (χ4n) is 2.46. The van der Waals surface area contributed by atoms with Gasteiger partial charge in [0.25, 0.3) is 0 Å². The minimum atomic E-state index is -0.750. The van der Waals surface area contributed by atoms with Gasteiger partial charge in [-0.2, -0.15) is 0 Å². The summed E-state index contributed by atoms with van der Waals surface area (Å²) in [6, 6.07) is 15.9. The number of halogens is 1. The van der Waals surface area contributed by atoms with Crippen molar-refractivity contribution in [3.8, 4) is 5.75 Å². The Morgan fingerprint density at radius 1 is 1.21 bits per heavy atom. The van der Waals surface area contributed by atoms with E-state index in [-0.39, 0.29) is 12.7 Å². The van der Waals surface area contributed by atoms with Crippen molar-refractivity contribution in [2.24, 2.45) is 5.73 Å². The first kappa shape index (κ1) is 18.1. The van der Waals surface area contributed by atoms with Crippen LogP contribution in [0.15, 0.2) is 48.5 Å². The molecule has 2 aromatic carbocycles. The summed E-state index contributed by atoms with van der Waals surface area (Å²) in [5, 5.41) is 0. The van der Waals surface area contributed by atoms with Crippen molar-refractivity contribution < 1.29 is 14.3 Å². The lowest BCUT2D eigenvalue weighted by Crippen LogP contribution is -2.15. The predicted octanol–water partition coefficient (Wildman–Crippen LogP) is 4.73. The van der Waals surface area contributed by atoms with E-state index in [1.54, 1.807) is 0 Å². The molecule has 5 heteroatoms. The molecule has 0 unspecified atom stereocenters. The Kier molecular flexibility index (Phi) is 6.94. The summed E-state index contributed by atoms with van der Waals surface area (Å²) < 4.78 is 11.0. The summed E-state index contributed by atoms with van der Waals surface area (Å²) in [6.07, 6.45) is 0.512. The highest BCUT2D eigenvalue weighted by atomic mass is 35.5. The summed E-state index contributed by atoms with van der Waals surface area (Å²) in [5.41, 5.74) is 8.26. The Labute approximate surface area is 147 Å². The van der Waals surface area contributed by atoms with E-state index < -0.39 is 6.09 Å². The lowest BCUT2D eigenvalue weighted by Gasteiger charge is -2.20. The van der Waals surface area contributed by atoms with Crippen molar-refractivity contribution in [2.75, 3.05) is 6.61 Å². The van der Waals surface area contributed by atoms with Crippen LogP contribution in [0.2, 0.25) is 0 Å². The molecule has 0 saturated carbocycles. The zero-order valence-electron chi connectivity index (χ0n) is 13.7. The number of carbonyl (C=O) groups excluding carboxylic acids is 1. The molecule has 0 aliphatic heterocycles. The Bertz CT molecular complexity index is 661. The van der Waals surface area contributed by atoms with Gasteiger partial charge < -0.3 is 15.2 Å². The topological polar surface area (TPSA) is 61.6 Å². The fraction of sp³-hybridized carbons (Fsp3) is 0.316. The number of primary amides is 1. The molecule has 1 atom stereocenters. The van der Waals surface area contributed by atoms with Gasteiger partial charge in [-0.15, -0.1) is 11.6 Å². The molecule has 2 N–H and O–H groups in total. The minimum Gasteiger partial charge on any atom is -0.486 e. The number of alkyl halides is 1. The smallest absolute Gasteiger partial charge is 0.404 e. The molecule has 128 valence electrons. The van der Waals surface area contributed by atoms with Gasteiger partial charge in [0.15, 0.2) is 0 Å². The SMILES string of the molecule is Cc1cc(O[C@@H](CCCOC(N)=O)c2ccccc2)ccc1CCl. The van der Waals surface area contributed by atoms with E-state index in [2.05, 4.69) is 0 Å². The molecule has 0 fully saturated rings. The Morgan fingerprint density at radius 3 is 2.58 bits per heavy atom. The van der Waals surface area contributed by atoms with Crippen LogP contribution in [0.3, 0.4) is 0 Å². The zero-order chi connectivity index (χ0) is 17.4. The van der Waals surface area contributed by atoms with Gasteiger partial charge in [-0.25, -0.2) is 4.79 Å². The number of nitrogens with two attached hydrogens (primary N) is 1. The number of carbonyl (C=O) groups is 1. The van der Waals surface area contributed by atoms with Crippen LogP contribution in [-0.2, 0) is 10.6 Å². The number of hydrogen-bond donors (Lipinski definition) is 1. The maximum atomic E-state index is 10.7. The van der Waals surface area contributed by atoms with Crippen molar-refractivity contribution in [3.05, 3.63) is 65.2 Å². The van der Waals surface area contributed by atoms with Crippen molar-refractivity contribution in [3.63, 3.8) is 0 Å². The Balaban J connectivity index is 2.08. The second-order valence-corrected chi connectivity index (χ2v) is 5.82. The van der Waals surface area contributed by atoms with E-state index in [1.807, 2.05) is 55.5 Å². The number of hydrogen-bond acceptors (Lipinski definition) is 3. The standard InChI is InChI=1S/C19H22ClNO3/c1-14-12-17(10-9-16(14)13-20)24-18(8-5-11-23-19(21)22)15-6-3-2-4-7-15/h2-4,6-7,9-10,12,18H,5,8,11,13H2,1H3,(H2,21,22)/t18-/m0/s1. The monoisotopic (exact) mass is 347 g/mol. The van der Waals surface area contributed by atoms with E-state index in [0.29, 0.717) is 18.7 Å². The zero-order valence-corrected chi connectivity index (χ0v) is 14.5. The Morgan fingerprint density at radius 2 is 1.96 bits per heavy atom. The summed E-state index contributed by atoms with van der Waals surface area (Å²) in [5.74, 6) is 1.28. The summed E-state index contributed by atoms with van der Waals surface area (Å²) in [6.45, 7) is 2.30. The molecular weight excluding hydrogens is 326 g/mol. The van der Waals surface area contributed by atoms with Crippen molar-refractivity contribution >= 4 is 17.7 Å². The van der Waals surface area contributed by atoms with Gasteiger partial charge in [0, 0.05) is 5.88 Å².